The van der Waals surface area contributed by atoms with E-state index >= 15 is 0 Å². The summed E-state index contributed by atoms with van der Waals surface area (Å²) in [7, 11) is 0. The predicted molar refractivity (Wildman–Crippen MR) is 62.3 cm³/mol. The van der Waals surface area contributed by atoms with Crippen LogP contribution in [0.4, 0.5) is 5.69 Å². The number of carbonyl (C=O) groups excluding carboxylic acids is 1. The van der Waals surface area contributed by atoms with E-state index in [-0.39, 0.29) is 18.4 Å². The van der Waals surface area contributed by atoms with Gasteiger partial charge in [-0.2, -0.15) is 0 Å². The normalized spacial score (nSPS) is 16.0. The fourth-order valence-electron chi connectivity index (χ4n) is 1.71. The number of likely N-dealkylation sites (tertiary alicyclic amines) is 1. The second-order valence-electron chi connectivity index (χ2n) is 4.00. The van der Waals surface area contributed by atoms with Gasteiger partial charge in [0, 0.05) is 31.2 Å². The van der Waals surface area contributed by atoms with E-state index in [2.05, 4.69) is 0 Å². The van der Waals surface area contributed by atoms with Crippen LogP contribution < -0.4 is 5.73 Å². The maximum atomic E-state index is 11.9. The van der Waals surface area contributed by atoms with E-state index in [0.717, 1.165) is 0 Å². The van der Waals surface area contributed by atoms with Crippen LogP contribution in [0.1, 0.15) is 10.4 Å². The molecule has 1 amide bonds. The highest BCUT2D eigenvalue weighted by molar-refractivity contribution is 6.33. The van der Waals surface area contributed by atoms with Gasteiger partial charge in [0.1, 0.15) is 0 Å². The quantitative estimate of drug-likeness (QED) is 0.758. The fourth-order valence-corrected chi connectivity index (χ4v) is 1.83. The molecular formula is C11H13ClN2O2. The van der Waals surface area contributed by atoms with Gasteiger partial charge in [-0.05, 0) is 18.2 Å². The number of halogens is 1. The third-order valence-corrected chi connectivity index (χ3v) is 3.09. The van der Waals surface area contributed by atoms with Crippen molar-refractivity contribution < 1.29 is 9.90 Å². The molecule has 1 saturated heterocycles. The zero-order chi connectivity index (χ0) is 11.7. The molecular weight excluding hydrogens is 228 g/mol. The Bertz CT molecular complexity index is 416. The summed E-state index contributed by atoms with van der Waals surface area (Å²) in [5.41, 5.74) is 6.58. The van der Waals surface area contributed by atoms with Gasteiger partial charge in [0.15, 0.2) is 0 Å². The Morgan fingerprint density at radius 2 is 2.25 bits per heavy atom. The lowest BCUT2D eigenvalue weighted by Crippen LogP contribution is -2.51. The molecule has 0 radical (unpaired) electrons. The van der Waals surface area contributed by atoms with Gasteiger partial charge in [0.25, 0.3) is 5.91 Å². The summed E-state index contributed by atoms with van der Waals surface area (Å²) < 4.78 is 0. The van der Waals surface area contributed by atoms with Crippen molar-refractivity contribution in [1.29, 1.82) is 0 Å². The van der Waals surface area contributed by atoms with E-state index in [1.807, 2.05) is 0 Å². The molecule has 0 aromatic heterocycles. The first-order valence-electron chi connectivity index (χ1n) is 5.07. The van der Waals surface area contributed by atoms with Gasteiger partial charge < -0.3 is 15.7 Å². The summed E-state index contributed by atoms with van der Waals surface area (Å²) in [5, 5.41) is 9.31. The van der Waals surface area contributed by atoms with Crippen molar-refractivity contribution in [3.63, 3.8) is 0 Å². The number of nitrogen functional groups attached to an aromatic ring is 1. The van der Waals surface area contributed by atoms with Crippen molar-refractivity contribution in [3.8, 4) is 0 Å². The molecule has 16 heavy (non-hydrogen) atoms. The SMILES string of the molecule is Nc1cc(C(=O)N2CC(CO)C2)ccc1Cl. The van der Waals surface area contributed by atoms with E-state index in [4.69, 9.17) is 22.4 Å². The number of rotatable bonds is 2. The van der Waals surface area contributed by atoms with Crippen LogP contribution in [-0.2, 0) is 0 Å². The first-order valence-corrected chi connectivity index (χ1v) is 5.44. The maximum Gasteiger partial charge on any atom is 0.253 e. The largest absolute Gasteiger partial charge is 0.398 e. The Balaban J connectivity index is 2.07. The fraction of sp³-hybridized carbons (Fsp3) is 0.364. The van der Waals surface area contributed by atoms with Crippen LogP contribution in [0.3, 0.4) is 0 Å². The summed E-state index contributed by atoms with van der Waals surface area (Å²) in [6.45, 7) is 1.35. The summed E-state index contributed by atoms with van der Waals surface area (Å²) in [4.78, 5) is 13.6. The number of aliphatic hydroxyl groups excluding tert-OH is 1. The summed E-state index contributed by atoms with van der Waals surface area (Å²) >= 11 is 5.78. The minimum Gasteiger partial charge on any atom is -0.398 e. The molecule has 0 atom stereocenters. The number of carbonyl (C=O) groups is 1. The predicted octanol–water partition coefficient (Wildman–Crippen LogP) is 0.986. The zero-order valence-electron chi connectivity index (χ0n) is 8.69. The van der Waals surface area contributed by atoms with Crippen molar-refractivity contribution in [2.45, 2.75) is 0 Å². The van der Waals surface area contributed by atoms with Crippen LogP contribution in [0, 0.1) is 5.92 Å². The zero-order valence-corrected chi connectivity index (χ0v) is 9.44. The van der Waals surface area contributed by atoms with Gasteiger partial charge in [-0.15, -0.1) is 0 Å². The molecule has 0 bridgehead atoms. The van der Waals surface area contributed by atoms with Gasteiger partial charge in [0.2, 0.25) is 0 Å². The summed E-state index contributed by atoms with van der Waals surface area (Å²) in [5.74, 6) is 0.154. The minimum absolute atomic E-state index is 0.0620. The molecule has 3 N–H and O–H groups in total. The molecule has 1 aromatic carbocycles. The third kappa shape index (κ3) is 1.99. The van der Waals surface area contributed by atoms with Crippen molar-refractivity contribution in [3.05, 3.63) is 28.8 Å². The smallest absolute Gasteiger partial charge is 0.253 e. The second kappa shape index (κ2) is 4.31. The van der Waals surface area contributed by atoms with Crippen molar-refractivity contribution in [2.75, 3.05) is 25.4 Å². The topological polar surface area (TPSA) is 66.6 Å². The number of benzene rings is 1. The van der Waals surface area contributed by atoms with Crippen molar-refractivity contribution in [1.82, 2.24) is 4.90 Å². The monoisotopic (exact) mass is 240 g/mol. The van der Waals surface area contributed by atoms with Gasteiger partial charge in [-0.25, -0.2) is 0 Å². The number of hydrogen-bond acceptors (Lipinski definition) is 3. The highest BCUT2D eigenvalue weighted by Crippen LogP contribution is 2.23. The van der Waals surface area contributed by atoms with Crippen LogP contribution in [0.2, 0.25) is 5.02 Å². The third-order valence-electron chi connectivity index (χ3n) is 2.75. The number of anilines is 1. The highest BCUT2D eigenvalue weighted by Gasteiger charge is 2.30. The Labute approximate surface area is 98.6 Å². The Morgan fingerprint density at radius 1 is 1.56 bits per heavy atom. The van der Waals surface area contributed by atoms with E-state index in [0.29, 0.717) is 29.4 Å². The number of hydrogen-bond donors (Lipinski definition) is 2. The first-order chi connectivity index (χ1) is 7.61. The summed E-state index contributed by atoms with van der Waals surface area (Å²) in [6.07, 6.45) is 0. The molecule has 1 heterocycles. The van der Waals surface area contributed by atoms with E-state index in [1.54, 1.807) is 23.1 Å². The first kappa shape index (κ1) is 11.2. The highest BCUT2D eigenvalue weighted by atomic mass is 35.5. The Kier molecular flexibility index (Phi) is 3.03. The molecule has 0 saturated carbocycles. The lowest BCUT2D eigenvalue weighted by molar-refractivity contribution is 0.0362. The molecule has 1 aliphatic rings. The minimum atomic E-state index is -0.0620. The maximum absolute atomic E-state index is 11.9. The van der Waals surface area contributed by atoms with Crippen LogP contribution in [0.15, 0.2) is 18.2 Å². The lowest BCUT2D eigenvalue weighted by Gasteiger charge is -2.38. The molecule has 86 valence electrons. The summed E-state index contributed by atoms with van der Waals surface area (Å²) in [6, 6.07) is 4.86. The molecule has 1 fully saturated rings. The second-order valence-corrected chi connectivity index (χ2v) is 4.40. The molecule has 0 aliphatic carbocycles. The van der Waals surface area contributed by atoms with Crippen LogP contribution >= 0.6 is 11.6 Å². The molecule has 5 heteroatoms. The van der Waals surface area contributed by atoms with Crippen molar-refractivity contribution in [2.24, 2.45) is 5.92 Å². The molecule has 0 spiro atoms. The number of amides is 1. The average molecular weight is 241 g/mol. The van der Waals surface area contributed by atoms with Gasteiger partial charge >= 0.3 is 0 Å². The van der Waals surface area contributed by atoms with Gasteiger partial charge in [-0.3, -0.25) is 4.79 Å². The average Bonchev–Trinajstić information content (AvgIpc) is 2.20. The van der Waals surface area contributed by atoms with E-state index in [1.165, 1.54) is 0 Å². The molecule has 0 unspecified atom stereocenters. The van der Waals surface area contributed by atoms with Crippen LogP contribution in [-0.4, -0.2) is 35.6 Å². The van der Waals surface area contributed by atoms with Crippen LogP contribution in [0.25, 0.3) is 0 Å². The number of aliphatic hydroxyl groups is 1. The van der Waals surface area contributed by atoms with E-state index in [9.17, 15) is 4.79 Å². The Morgan fingerprint density at radius 3 is 2.81 bits per heavy atom. The Hall–Kier alpha value is -1.26. The number of nitrogens with two attached hydrogens (primary N) is 1. The van der Waals surface area contributed by atoms with Gasteiger partial charge in [-0.1, -0.05) is 11.6 Å². The molecule has 1 aliphatic heterocycles. The van der Waals surface area contributed by atoms with Crippen molar-refractivity contribution >= 4 is 23.2 Å². The molecule has 2 rings (SSSR count). The van der Waals surface area contributed by atoms with Crippen LogP contribution in [0.5, 0.6) is 0 Å². The standard InChI is InChI=1S/C11H13ClN2O2/c12-9-2-1-8(3-10(9)13)11(16)14-4-7(5-14)6-15/h1-3,7,15H,4-6,13H2. The lowest BCUT2D eigenvalue weighted by atomic mass is 10.00. The van der Waals surface area contributed by atoms with E-state index < -0.39 is 0 Å². The number of nitrogens with zero attached hydrogens (tertiary/aromatic N) is 1. The van der Waals surface area contributed by atoms with Gasteiger partial charge in [0.05, 0.1) is 10.7 Å². The molecule has 4 nitrogen and oxygen atoms in total. The molecule has 1 aromatic rings.